The van der Waals surface area contributed by atoms with Gasteiger partial charge in [-0.1, -0.05) is 40.7 Å². The highest BCUT2D eigenvalue weighted by molar-refractivity contribution is 6.01. The number of rotatable bonds is 9. The maximum atomic E-state index is 17.8. The summed E-state index contributed by atoms with van der Waals surface area (Å²) in [7, 11) is 3.68. The van der Waals surface area contributed by atoms with E-state index < -0.39 is 136 Å². The molecule has 0 aromatic heterocycles. The van der Waals surface area contributed by atoms with Gasteiger partial charge in [-0.3, -0.25) is 19.3 Å². The normalized spacial score (nSPS) is 50.2. The number of alkyl halides is 2. The van der Waals surface area contributed by atoms with Gasteiger partial charge < -0.3 is 60.2 Å². The topological polar surface area (TPSA) is 239 Å². The Morgan fingerprint density at radius 2 is 1.59 bits per heavy atom. The fourth-order valence-corrected chi connectivity index (χ4v) is 14.5. The molecule has 1 amide bonds. The molecule has 8 N–H and O–H groups in total. The predicted octanol–water partition coefficient (Wildman–Crippen LogP) is 3.15. The molecule has 71 heavy (non-hydrogen) atoms. The number of hydrogen-bond donors (Lipinski definition) is 8. The molecule has 406 valence electrons. The number of amides is 1. The largest absolute Gasteiger partial charge is 0.459 e. The molecule has 23 atom stereocenters. The zero-order valence-corrected chi connectivity index (χ0v) is 44.3. The first kappa shape index (κ1) is 57.8. The highest BCUT2D eigenvalue weighted by atomic mass is 19.1. The molecule has 5 fully saturated rings. The minimum Gasteiger partial charge on any atom is -0.459 e. The van der Waals surface area contributed by atoms with Crippen molar-refractivity contribution in [2.75, 3.05) is 33.7 Å². The Bertz CT molecular complexity index is 2010. The molecule has 0 aromatic carbocycles. The molecule has 0 unspecified atom stereocenters. The molecule has 16 nitrogen and oxygen atoms in total. The van der Waals surface area contributed by atoms with Crippen molar-refractivity contribution < 1.29 is 73.1 Å². The summed E-state index contributed by atoms with van der Waals surface area (Å²) in [6, 6.07) is -1.14. The Morgan fingerprint density at radius 3 is 2.21 bits per heavy atom. The zero-order chi connectivity index (χ0) is 53.3. The third-order valence-corrected chi connectivity index (χ3v) is 18.8. The number of ether oxygens (including phenoxy) is 3. The number of halogens is 2. The number of nitrogens with zero attached hydrogens (tertiary/aromatic N) is 2. The summed E-state index contributed by atoms with van der Waals surface area (Å²) in [6.45, 7) is 18.6. The van der Waals surface area contributed by atoms with Gasteiger partial charge in [0.15, 0.2) is 23.3 Å². The second-order valence-corrected chi connectivity index (χ2v) is 24.0. The number of carbonyl (C=O) groups is 3. The summed E-state index contributed by atoms with van der Waals surface area (Å²) in [4.78, 5) is 44.3. The van der Waals surface area contributed by atoms with Gasteiger partial charge >= 0.3 is 5.97 Å². The quantitative estimate of drug-likeness (QED) is 0.122. The molecule has 18 heteroatoms. The van der Waals surface area contributed by atoms with Gasteiger partial charge in [-0.15, -0.1) is 0 Å². The van der Waals surface area contributed by atoms with Crippen molar-refractivity contribution in [1.82, 2.24) is 15.1 Å². The van der Waals surface area contributed by atoms with Gasteiger partial charge in [-0.2, -0.15) is 0 Å². The lowest BCUT2D eigenvalue weighted by Gasteiger charge is -2.63. The Morgan fingerprint density at radius 1 is 0.944 bits per heavy atom. The lowest BCUT2D eigenvalue weighted by atomic mass is 9.44. The van der Waals surface area contributed by atoms with Crippen molar-refractivity contribution in [2.24, 2.45) is 46.3 Å². The van der Waals surface area contributed by atoms with Gasteiger partial charge in [-0.05, 0) is 136 Å². The maximum absolute atomic E-state index is 17.8. The lowest BCUT2D eigenvalue weighted by Crippen LogP contribution is -2.71. The van der Waals surface area contributed by atoms with E-state index in [2.05, 4.69) is 5.32 Å². The minimum absolute atomic E-state index is 0.0103. The molecule has 3 saturated carbocycles. The van der Waals surface area contributed by atoms with Crippen LogP contribution >= 0.6 is 0 Å². The molecule has 0 radical (unpaired) electrons. The number of nitrogens with one attached hydrogen (secondary N) is 1. The summed E-state index contributed by atoms with van der Waals surface area (Å²) in [6.07, 6.45) is -7.07. The van der Waals surface area contributed by atoms with Crippen LogP contribution in [0.5, 0.6) is 0 Å². The van der Waals surface area contributed by atoms with Gasteiger partial charge in [0.05, 0.1) is 35.9 Å². The van der Waals surface area contributed by atoms with E-state index in [9.17, 15) is 50.1 Å². The molecule has 0 spiro atoms. The monoisotopic (exact) mass is 1010 g/mol. The van der Waals surface area contributed by atoms with Crippen LogP contribution in [-0.4, -0.2) is 187 Å². The van der Waals surface area contributed by atoms with E-state index in [0.29, 0.717) is 6.42 Å². The molecule has 0 aromatic rings. The number of cyclic esters (lactones) is 1. The van der Waals surface area contributed by atoms with E-state index in [1.54, 1.807) is 41.5 Å². The van der Waals surface area contributed by atoms with Crippen LogP contribution in [0.4, 0.5) is 8.78 Å². The predicted molar refractivity (Wildman–Crippen MR) is 260 cm³/mol. The van der Waals surface area contributed by atoms with Crippen molar-refractivity contribution >= 4 is 17.7 Å². The second-order valence-electron chi connectivity index (χ2n) is 24.0. The second kappa shape index (κ2) is 20.9. The van der Waals surface area contributed by atoms with Gasteiger partial charge in [0, 0.05) is 54.4 Å². The average molecular weight is 1010 g/mol. The van der Waals surface area contributed by atoms with Crippen LogP contribution < -0.4 is 5.32 Å². The Kier molecular flexibility index (Phi) is 17.0. The molecule has 6 aliphatic rings. The van der Waals surface area contributed by atoms with E-state index in [4.69, 9.17) is 14.2 Å². The average Bonchev–Trinajstić information content (AvgIpc) is 3.49. The highest BCUT2D eigenvalue weighted by Gasteiger charge is 2.77. The molecule has 2 saturated heterocycles. The molecule has 0 bridgehead atoms. The van der Waals surface area contributed by atoms with Crippen LogP contribution in [-0.2, 0) is 28.6 Å². The van der Waals surface area contributed by atoms with Gasteiger partial charge in [-0.25, -0.2) is 8.78 Å². The van der Waals surface area contributed by atoms with Gasteiger partial charge in [0.25, 0.3) is 5.91 Å². The van der Waals surface area contributed by atoms with E-state index >= 15 is 8.78 Å². The Balaban J connectivity index is 1.23. The number of aliphatic hydroxyl groups excluding tert-OH is 4. The number of esters is 1. The summed E-state index contributed by atoms with van der Waals surface area (Å²) in [5.74, 6) is -6.93. The summed E-state index contributed by atoms with van der Waals surface area (Å²) < 4.78 is 52.4. The molecule has 4 aliphatic carbocycles. The SMILES string of the molecule is CC[C@H]1OC(=O)[C@H](C)[C@@H](O)[C@H](C)[C@@H](O[C@@H]2O[C@H](C)C[C@H](N(C)C)[C@H]2O)[C@](C)(O)C[C@@H](C)CN(CCCNC(=O)[C@@]2(O)[C@H](C)C[C@H]3[C@@H]4C[C@H](F)C5=CC(=O)C=C[C@]5(C)[C@@]4(F)[C@@H](O)C[C@@]32C)[C@H](C)[C@@H](O)[C@]1(C)O. The Labute approximate surface area is 419 Å². The summed E-state index contributed by atoms with van der Waals surface area (Å²) >= 11 is 0. The molecule has 2 heterocycles. The van der Waals surface area contributed by atoms with Crippen molar-refractivity contribution in [3.63, 3.8) is 0 Å². The third-order valence-electron chi connectivity index (χ3n) is 18.8. The van der Waals surface area contributed by atoms with E-state index in [1.807, 2.05) is 37.7 Å². The minimum atomic E-state index is -2.37. The lowest BCUT2D eigenvalue weighted by molar-refractivity contribution is -0.299. The van der Waals surface area contributed by atoms with Gasteiger partial charge in [0.1, 0.15) is 30.1 Å². The number of carbonyl (C=O) groups excluding carboxylic acids is 3. The first-order valence-electron chi connectivity index (χ1n) is 26.1. The molecular weight excluding hydrogens is 925 g/mol. The fourth-order valence-electron chi connectivity index (χ4n) is 14.5. The first-order chi connectivity index (χ1) is 32.8. The van der Waals surface area contributed by atoms with Crippen molar-refractivity contribution in [1.29, 1.82) is 0 Å². The summed E-state index contributed by atoms with van der Waals surface area (Å²) in [5, 5.41) is 87.1. The standard InChI is InChI=1S/C53H87F2N3O13/c1-14-40-51(11,67)43(63)32(7)58(26-27(2)24-50(10,66)44(30(5)41(61)31(6)45(64)70-40)71-46-42(62)38(57(12)13)21-29(4)69-46)19-15-18-56-47(65)53(68)28(3)20-34-35-23-37(54)36-22-33(59)16-17-48(36,8)52(35,55)39(60)25-49(34,53)9/h16-17,22,27-32,34-35,37-44,46,60-63,66-68H,14-15,18-21,23-26H2,1-13H3,(H,56,65)/t27-,28-,29-,30+,31-,32-,34+,35+,37+,38+,39+,40-,41+,42-,43-,44-,46+,48+,49+,50-,51-,52+,53+/m1/s1. The smallest absolute Gasteiger partial charge is 0.311 e. The summed E-state index contributed by atoms with van der Waals surface area (Å²) in [5.41, 5.74) is -11.1. The molecule has 2 aliphatic heterocycles. The van der Waals surface area contributed by atoms with Crippen molar-refractivity contribution in [3.05, 3.63) is 23.8 Å². The fraction of sp³-hybridized carbons (Fsp3) is 0.868. The van der Waals surface area contributed by atoms with Crippen molar-refractivity contribution in [3.8, 4) is 0 Å². The van der Waals surface area contributed by atoms with Crippen LogP contribution in [0, 0.1) is 46.3 Å². The van der Waals surface area contributed by atoms with Crippen LogP contribution in [0.1, 0.15) is 121 Å². The van der Waals surface area contributed by atoms with E-state index in [-0.39, 0.29) is 81.8 Å². The number of aliphatic hydroxyl groups is 7. The number of allylic oxidation sites excluding steroid dienone is 4. The van der Waals surface area contributed by atoms with Crippen LogP contribution in [0.3, 0.4) is 0 Å². The van der Waals surface area contributed by atoms with Gasteiger partial charge in [0.2, 0.25) is 0 Å². The van der Waals surface area contributed by atoms with Crippen molar-refractivity contribution in [2.45, 2.75) is 211 Å². The third kappa shape index (κ3) is 9.97. The maximum Gasteiger partial charge on any atom is 0.311 e. The first-order valence-corrected chi connectivity index (χ1v) is 26.1. The zero-order valence-electron chi connectivity index (χ0n) is 44.3. The number of likely N-dealkylation sites (N-methyl/N-ethyl adjacent to an activating group) is 1. The number of ketones is 1. The molecule has 6 rings (SSSR count). The molecular formula is C53H87F2N3O13. The van der Waals surface area contributed by atoms with E-state index in [1.165, 1.54) is 32.9 Å². The number of fused-ring (bicyclic) bond motifs is 5. The Hall–Kier alpha value is -2.49. The number of hydrogen-bond acceptors (Lipinski definition) is 15. The highest BCUT2D eigenvalue weighted by Crippen LogP contribution is 2.71. The van der Waals surface area contributed by atoms with E-state index in [0.717, 1.165) is 6.08 Å². The van der Waals surface area contributed by atoms with Crippen LogP contribution in [0.25, 0.3) is 0 Å². The van der Waals surface area contributed by atoms with Crippen LogP contribution in [0.2, 0.25) is 0 Å². The van der Waals surface area contributed by atoms with Crippen LogP contribution in [0.15, 0.2) is 23.8 Å².